The third kappa shape index (κ3) is 3.20. The van der Waals surface area contributed by atoms with Crippen LogP contribution in [0.25, 0.3) is 0 Å². The highest BCUT2D eigenvalue weighted by molar-refractivity contribution is 5.75. The highest BCUT2D eigenvalue weighted by atomic mass is 15.3. The van der Waals surface area contributed by atoms with Gasteiger partial charge in [-0.05, 0) is 13.0 Å². The molecular weight excluding hydrogens is 166 g/mol. The molecule has 1 aliphatic rings. The lowest BCUT2D eigenvalue weighted by molar-refractivity contribution is 0.167. The fourth-order valence-electron chi connectivity index (χ4n) is 1.58. The number of nitrogens with one attached hydrogen (secondary N) is 1. The predicted octanol–water partition coefficient (Wildman–Crippen LogP) is -1.10. The molecule has 0 amide bonds. The van der Waals surface area contributed by atoms with Gasteiger partial charge in [-0.2, -0.15) is 0 Å². The van der Waals surface area contributed by atoms with Crippen LogP contribution in [0.2, 0.25) is 0 Å². The van der Waals surface area contributed by atoms with E-state index in [0.717, 1.165) is 32.6 Å². The van der Waals surface area contributed by atoms with Crippen LogP contribution < -0.4 is 16.8 Å². The molecule has 1 aliphatic heterocycles. The molecule has 0 radical (unpaired) electrons. The largest absolute Gasteiger partial charge is 0.370 e. The van der Waals surface area contributed by atoms with Gasteiger partial charge in [0.25, 0.3) is 0 Å². The number of rotatable bonds is 3. The van der Waals surface area contributed by atoms with Crippen molar-refractivity contribution in [2.24, 2.45) is 16.5 Å². The number of nitrogens with two attached hydrogens (primary N) is 2. The predicted molar refractivity (Wildman–Crippen MR) is 54.3 cm³/mol. The van der Waals surface area contributed by atoms with Crippen molar-refractivity contribution in [3.8, 4) is 0 Å². The minimum atomic E-state index is 0.124. The van der Waals surface area contributed by atoms with Gasteiger partial charge in [0, 0.05) is 19.6 Å². The molecule has 1 rings (SSSR count). The first-order chi connectivity index (χ1) is 6.24. The summed E-state index contributed by atoms with van der Waals surface area (Å²) in [6.45, 7) is 6.11. The molecule has 76 valence electrons. The molecule has 1 atom stereocenters. The lowest BCUT2D eigenvalue weighted by Gasteiger charge is -2.33. The maximum absolute atomic E-state index is 5.35. The van der Waals surface area contributed by atoms with E-state index in [1.54, 1.807) is 0 Å². The van der Waals surface area contributed by atoms with E-state index >= 15 is 0 Å². The van der Waals surface area contributed by atoms with Crippen molar-refractivity contribution in [3.63, 3.8) is 0 Å². The third-order valence-electron chi connectivity index (χ3n) is 2.13. The Kier molecular flexibility index (Phi) is 3.98. The summed E-state index contributed by atoms with van der Waals surface area (Å²) < 4.78 is 0. The van der Waals surface area contributed by atoms with Crippen LogP contribution in [-0.4, -0.2) is 43.2 Å². The molecule has 0 aromatic carbocycles. The van der Waals surface area contributed by atoms with Crippen LogP contribution >= 0.6 is 0 Å². The Morgan fingerprint density at radius 2 is 2.38 bits per heavy atom. The Hall–Kier alpha value is -0.810. The zero-order valence-electron chi connectivity index (χ0n) is 8.16. The minimum Gasteiger partial charge on any atom is -0.370 e. The van der Waals surface area contributed by atoms with Crippen LogP contribution in [0.15, 0.2) is 4.99 Å². The summed E-state index contributed by atoms with van der Waals surface area (Å²) in [7, 11) is 0. The molecule has 0 bridgehead atoms. The van der Waals surface area contributed by atoms with Crippen LogP contribution in [-0.2, 0) is 0 Å². The number of aliphatic imine (C=N–C) groups is 1. The first-order valence-corrected chi connectivity index (χ1v) is 4.77. The summed E-state index contributed by atoms with van der Waals surface area (Å²) in [4.78, 5) is 6.47. The summed E-state index contributed by atoms with van der Waals surface area (Å²) in [6.07, 6.45) is 1.26. The van der Waals surface area contributed by atoms with Gasteiger partial charge in [0.2, 0.25) is 0 Å². The Bertz CT molecular complexity index is 173. The Morgan fingerprint density at radius 3 is 3.00 bits per heavy atom. The van der Waals surface area contributed by atoms with Crippen molar-refractivity contribution >= 4 is 5.96 Å². The van der Waals surface area contributed by atoms with Gasteiger partial charge in [0.15, 0.2) is 5.96 Å². The van der Waals surface area contributed by atoms with Gasteiger partial charge in [0.05, 0.1) is 0 Å². The molecule has 13 heavy (non-hydrogen) atoms. The van der Waals surface area contributed by atoms with E-state index in [-0.39, 0.29) is 12.1 Å². The second kappa shape index (κ2) is 5.04. The average Bonchev–Trinajstić information content (AvgIpc) is 2.08. The van der Waals surface area contributed by atoms with Crippen LogP contribution in [0.3, 0.4) is 0 Å². The van der Waals surface area contributed by atoms with Gasteiger partial charge in [-0.3, -0.25) is 4.90 Å². The molecule has 1 heterocycles. The second-order valence-electron chi connectivity index (χ2n) is 3.27. The van der Waals surface area contributed by atoms with Gasteiger partial charge in [-0.25, -0.2) is 4.99 Å². The van der Waals surface area contributed by atoms with Crippen molar-refractivity contribution in [2.75, 3.05) is 26.2 Å². The second-order valence-corrected chi connectivity index (χ2v) is 3.27. The van der Waals surface area contributed by atoms with Crippen LogP contribution in [0.5, 0.6) is 0 Å². The molecule has 0 aliphatic carbocycles. The molecule has 5 nitrogen and oxygen atoms in total. The van der Waals surface area contributed by atoms with E-state index in [2.05, 4.69) is 22.1 Å². The normalized spacial score (nSPS) is 24.2. The Labute approximate surface area is 79.2 Å². The lowest BCUT2D eigenvalue weighted by atomic mass is 10.3. The molecule has 5 heteroatoms. The van der Waals surface area contributed by atoms with Crippen LogP contribution in [0, 0.1) is 0 Å². The van der Waals surface area contributed by atoms with Crippen molar-refractivity contribution in [1.29, 1.82) is 0 Å². The third-order valence-corrected chi connectivity index (χ3v) is 2.13. The Morgan fingerprint density at radius 1 is 1.62 bits per heavy atom. The van der Waals surface area contributed by atoms with Gasteiger partial charge < -0.3 is 16.8 Å². The molecule has 5 N–H and O–H groups in total. The summed E-state index contributed by atoms with van der Waals surface area (Å²) in [5.41, 5.74) is 10.7. The Balaban J connectivity index is 2.51. The summed E-state index contributed by atoms with van der Waals surface area (Å²) in [5, 5.41) is 3.27. The van der Waals surface area contributed by atoms with Gasteiger partial charge in [0.1, 0.15) is 6.17 Å². The number of hydrogen-bond acceptors (Lipinski definition) is 3. The van der Waals surface area contributed by atoms with Crippen molar-refractivity contribution < 1.29 is 0 Å². The molecule has 0 aromatic heterocycles. The fraction of sp³-hybridized carbons (Fsp3) is 0.875. The first kappa shape index (κ1) is 10.3. The maximum Gasteiger partial charge on any atom is 0.187 e. The van der Waals surface area contributed by atoms with Gasteiger partial charge >= 0.3 is 0 Å². The number of piperazine rings is 1. The van der Waals surface area contributed by atoms with Crippen LogP contribution in [0.1, 0.15) is 13.3 Å². The fourth-order valence-corrected chi connectivity index (χ4v) is 1.58. The van der Waals surface area contributed by atoms with Gasteiger partial charge in [-0.15, -0.1) is 0 Å². The van der Waals surface area contributed by atoms with Crippen molar-refractivity contribution in [2.45, 2.75) is 19.5 Å². The lowest BCUT2D eigenvalue weighted by Crippen LogP contribution is -2.51. The number of nitrogens with zero attached hydrogens (tertiary/aromatic N) is 2. The van der Waals surface area contributed by atoms with E-state index < -0.39 is 0 Å². The molecule has 1 fully saturated rings. The van der Waals surface area contributed by atoms with Crippen molar-refractivity contribution in [1.82, 2.24) is 10.2 Å². The van der Waals surface area contributed by atoms with E-state index in [1.807, 2.05) is 0 Å². The molecule has 0 spiro atoms. The molecular formula is C8H19N5. The van der Waals surface area contributed by atoms with Crippen LogP contribution in [0.4, 0.5) is 0 Å². The first-order valence-electron chi connectivity index (χ1n) is 4.77. The molecule has 1 saturated heterocycles. The summed E-state index contributed by atoms with van der Waals surface area (Å²) in [5.74, 6) is 0.176. The van der Waals surface area contributed by atoms with E-state index in [9.17, 15) is 0 Å². The summed E-state index contributed by atoms with van der Waals surface area (Å²) in [6, 6.07) is 0. The summed E-state index contributed by atoms with van der Waals surface area (Å²) >= 11 is 0. The molecule has 0 saturated carbocycles. The van der Waals surface area contributed by atoms with Gasteiger partial charge in [-0.1, -0.05) is 6.92 Å². The monoisotopic (exact) mass is 185 g/mol. The highest BCUT2D eigenvalue weighted by Crippen LogP contribution is 2.04. The molecule has 0 aromatic rings. The zero-order chi connectivity index (χ0) is 9.68. The average molecular weight is 185 g/mol. The quantitative estimate of drug-likeness (QED) is 0.385. The number of guanidine groups is 1. The zero-order valence-corrected chi connectivity index (χ0v) is 8.16. The van der Waals surface area contributed by atoms with E-state index in [1.165, 1.54) is 0 Å². The smallest absolute Gasteiger partial charge is 0.187 e. The number of hydrogen-bond donors (Lipinski definition) is 3. The molecule has 0 unspecified atom stereocenters. The van der Waals surface area contributed by atoms with E-state index in [0.29, 0.717) is 0 Å². The highest BCUT2D eigenvalue weighted by Gasteiger charge is 2.20. The SMILES string of the molecule is CCCN1CCNC[C@H]1N=C(N)N. The minimum absolute atomic E-state index is 0.124. The van der Waals surface area contributed by atoms with E-state index in [4.69, 9.17) is 11.5 Å². The maximum atomic E-state index is 5.35. The standard InChI is InChI=1S/C8H19N5/c1-2-4-13-5-3-11-6-7(13)12-8(9)10/h7,11H,2-6H2,1H3,(H4,9,10,12)/t7-/m0/s1. The topological polar surface area (TPSA) is 79.7 Å². The van der Waals surface area contributed by atoms with Crippen molar-refractivity contribution in [3.05, 3.63) is 0 Å².